The average Bonchev–Trinajstić information content (AvgIpc) is 3.20. The van der Waals surface area contributed by atoms with Crippen LogP contribution in [-0.4, -0.2) is 41.3 Å². The molecule has 1 atom stereocenters. The molecule has 1 unspecified atom stereocenters. The van der Waals surface area contributed by atoms with Crippen LogP contribution in [0.5, 0.6) is 0 Å². The van der Waals surface area contributed by atoms with Crippen LogP contribution in [0.25, 0.3) is 11.1 Å². The fourth-order valence-corrected chi connectivity index (χ4v) is 4.49. The molecule has 5 N–H and O–H groups in total. The maximum atomic E-state index is 12.5. The third-order valence-electron chi connectivity index (χ3n) is 6.53. The lowest BCUT2D eigenvalue weighted by Gasteiger charge is -2.23. The number of alkyl carbamates (subject to hydrolysis) is 1. The molecule has 0 bridgehead atoms. The molecule has 192 valence electrons. The van der Waals surface area contributed by atoms with E-state index in [9.17, 15) is 19.5 Å². The van der Waals surface area contributed by atoms with Crippen LogP contribution in [0.3, 0.4) is 0 Å². The first kappa shape index (κ1) is 25.9. The minimum absolute atomic E-state index is 0.0137. The van der Waals surface area contributed by atoms with Crippen LogP contribution < -0.4 is 16.4 Å². The minimum atomic E-state index is -1.41. The van der Waals surface area contributed by atoms with Gasteiger partial charge >= 0.3 is 12.1 Å². The highest BCUT2D eigenvalue weighted by Gasteiger charge is 2.31. The molecule has 8 heteroatoms. The highest BCUT2D eigenvalue weighted by Crippen LogP contribution is 2.44. The number of fused-ring (bicyclic) bond motifs is 3. The molecule has 2 amide bonds. The van der Waals surface area contributed by atoms with Gasteiger partial charge in [0.05, 0.1) is 6.04 Å². The Morgan fingerprint density at radius 3 is 2.16 bits per heavy atom. The zero-order valence-corrected chi connectivity index (χ0v) is 20.9. The Morgan fingerprint density at radius 1 is 0.946 bits per heavy atom. The van der Waals surface area contributed by atoms with Gasteiger partial charge in [0, 0.05) is 12.5 Å². The molecule has 37 heavy (non-hydrogen) atoms. The number of hydrogen-bond donors (Lipinski definition) is 4. The number of hydrogen-bond acceptors (Lipinski definition) is 5. The lowest BCUT2D eigenvalue weighted by molar-refractivity contribution is -0.146. The van der Waals surface area contributed by atoms with Crippen LogP contribution in [0.15, 0.2) is 72.8 Å². The van der Waals surface area contributed by atoms with Crippen LogP contribution in [0.4, 0.5) is 4.79 Å². The highest BCUT2D eigenvalue weighted by atomic mass is 16.5. The van der Waals surface area contributed by atoms with Crippen molar-refractivity contribution >= 4 is 18.0 Å². The molecule has 8 nitrogen and oxygen atoms in total. The number of nitrogens with two attached hydrogens (primary N) is 1. The minimum Gasteiger partial charge on any atom is -0.480 e. The van der Waals surface area contributed by atoms with Crippen molar-refractivity contribution in [1.82, 2.24) is 10.6 Å². The molecular weight excluding hydrogens is 470 g/mol. The standard InChI is InChI=1S/C29H31N3O5/c1-29(2,27(34)35)32-26(33)25(30)15-18-8-7-9-19(14-18)16-31-28(36)37-17-24-22-12-5-3-10-20(22)21-11-4-6-13-23(21)24/h3-14,24-25H,15-17,30H2,1-2H3,(H,31,36)(H,32,33)(H,34,35). The van der Waals surface area contributed by atoms with Gasteiger partial charge in [-0.3, -0.25) is 4.79 Å². The molecule has 1 aliphatic rings. The summed E-state index contributed by atoms with van der Waals surface area (Å²) in [5.74, 6) is -1.70. The van der Waals surface area contributed by atoms with Crippen molar-refractivity contribution in [1.29, 1.82) is 0 Å². The summed E-state index contributed by atoms with van der Waals surface area (Å²) in [6.07, 6.45) is -0.292. The van der Waals surface area contributed by atoms with Crippen molar-refractivity contribution in [3.05, 3.63) is 95.1 Å². The molecule has 0 saturated carbocycles. The summed E-state index contributed by atoms with van der Waals surface area (Å²) in [6.45, 7) is 3.28. The predicted molar refractivity (Wildman–Crippen MR) is 140 cm³/mol. The lowest BCUT2D eigenvalue weighted by Crippen LogP contribution is -2.55. The normalized spacial score (nSPS) is 13.3. The summed E-state index contributed by atoms with van der Waals surface area (Å²) in [7, 11) is 0. The van der Waals surface area contributed by atoms with E-state index in [1.807, 2.05) is 48.5 Å². The molecule has 0 aromatic heterocycles. The van der Waals surface area contributed by atoms with Gasteiger partial charge in [0.2, 0.25) is 5.91 Å². The highest BCUT2D eigenvalue weighted by molar-refractivity contribution is 5.89. The number of carboxylic acid groups (broad SMARTS) is 1. The summed E-state index contributed by atoms with van der Waals surface area (Å²) in [5.41, 5.74) is 10.8. The molecule has 0 radical (unpaired) electrons. The van der Waals surface area contributed by atoms with E-state index in [-0.39, 0.29) is 25.5 Å². The number of carboxylic acids is 1. The van der Waals surface area contributed by atoms with E-state index >= 15 is 0 Å². The average molecular weight is 502 g/mol. The predicted octanol–water partition coefficient (Wildman–Crippen LogP) is 3.57. The lowest BCUT2D eigenvalue weighted by atomic mass is 9.98. The Balaban J connectivity index is 1.30. The first-order valence-electron chi connectivity index (χ1n) is 12.1. The van der Waals surface area contributed by atoms with Crippen molar-refractivity contribution in [2.45, 2.75) is 44.3 Å². The van der Waals surface area contributed by atoms with E-state index in [1.54, 1.807) is 0 Å². The van der Waals surface area contributed by atoms with Crippen molar-refractivity contribution in [3.63, 3.8) is 0 Å². The molecule has 0 heterocycles. The van der Waals surface area contributed by atoms with Gasteiger partial charge in [-0.05, 0) is 53.6 Å². The maximum absolute atomic E-state index is 12.5. The monoisotopic (exact) mass is 501 g/mol. The van der Waals surface area contributed by atoms with E-state index in [0.717, 1.165) is 22.3 Å². The molecule has 0 spiro atoms. The molecule has 3 aromatic carbocycles. The van der Waals surface area contributed by atoms with Gasteiger partial charge in [-0.2, -0.15) is 0 Å². The van der Waals surface area contributed by atoms with Crippen LogP contribution in [0.2, 0.25) is 0 Å². The summed E-state index contributed by atoms with van der Waals surface area (Å²) in [4.78, 5) is 36.1. The zero-order chi connectivity index (χ0) is 26.6. The topological polar surface area (TPSA) is 131 Å². The summed E-state index contributed by atoms with van der Waals surface area (Å²) < 4.78 is 5.58. The number of aliphatic carboxylic acids is 1. The summed E-state index contributed by atoms with van der Waals surface area (Å²) >= 11 is 0. The maximum Gasteiger partial charge on any atom is 0.407 e. The Kier molecular flexibility index (Phi) is 7.59. The van der Waals surface area contributed by atoms with E-state index in [0.29, 0.717) is 0 Å². The smallest absolute Gasteiger partial charge is 0.407 e. The van der Waals surface area contributed by atoms with E-state index in [4.69, 9.17) is 10.5 Å². The van der Waals surface area contributed by atoms with Gasteiger partial charge in [-0.15, -0.1) is 0 Å². The van der Waals surface area contributed by atoms with Crippen LogP contribution >= 0.6 is 0 Å². The summed E-state index contributed by atoms with van der Waals surface area (Å²) in [6, 6.07) is 22.7. The third-order valence-corrected chi connectivity index (χ3v) is 6.53. The van der Waals surface area contributed by atoms with Crippen molar-refractivity contribution in [2.24, 2.45) is 5.73 Å². The molecule has 1 aliphatic carbocycles. The number of carbonyl (C=O) groups excluding carboxylic acids is 2. The second kappa shape index (κ2) is 10.8. The third kappa shape index (κ3) is 5.98. The van der Waals surface area contributed by atoms with Gasteiger partial charge in [0.15, 0.2) is 0 Å². The molecule has 0 aliphatic heterocycles. The van der Waals surface area contributed by atoms with Crippen LogP contribution in [0.1, 0.15) is 42.0 Å². The Hall–Kier alpha value is -4.17. The Labute approximate surface area is 215 Å². The molecule has 3 aromatic rings. The zero-order valence-electron chi connectivity index (χ0n) is 20.9. The number of benzene rings is 3. The Bertz CT molecular complexity index is 1270. The van der Waals surface area contributed by atoms with Gasteiger partial charge in [-0.25, -0.2) is 9.59 Å². The van der Waals surface area contributed by atoms with Crippen molar-refractivity contribution < 1.29 is 24.2 Å². The van der Waals surface area contributed by atoms with E-state index < -0.39 is 29.6 Å². The van der Waals surface area contributed by atoms with Crippen LogP contribution in [-0.2, 0) is 27.3 Å². The van der Waals surface area contributed by atoms with E-state index in [1.165, 1.54) is 25.0 Å². The van der Waals surface area contributed by atoms with Crippen LogP contribution in [0, 0.1) is 0 Å². The first-order valence-corrected chi connectivity index (χ1v) is 12.1. The van der Waals surface area contributed by atoms with Gasteiger partial charge in [0.1, 0.15) is 12.1 Å². The fraction of sp³-hybridized carbons (Fsp3) is 0.276. The molecule has 4 rings (SSSR count). The van der Waals surface area contributed by atoms with Crippen molar-refractivity contribution in [3.8, 4) is 11.1 Å². The second-order valence-electron chi connectivity index (χ2n) is 9.73. The number of amides is 2. The van der Waals surface area contributed by atoms with Gasteiger partial charge in [0.25, 0.3) is 0 Å². The SMILES string of the molecule is CC(C)(NC(=O)C(N)Cc1cccc(CNC(=O)OCC2c3ccccc3-c3ccccc32)c1)C(=O)O. The largest absolute Gasteiger partial charge is 0.480 e. The van der Waals surface area contributed by atoms with Crippen molar-refractivity contribution in [2.75, 3.05) is 6.61 Å². The summed E-state index contributed by atoms with van der Waals surface area (Å²) in [5, 5.41) is 14.4. The number of nitrogens with one attached hydrogen (secondary N) is 2. The number of carbonyl (C=O) groups is 3. The number of rotatable bonds is 9. The molecule has 0 saturated heterocycles. The molecular formula is C29H31N3O5. The molecule has 0 fully saturated rings. The second-order valence-corrected chi connectivity index (χ2v) is 9.73. The fourth-order valence-electron chi connectivity index (χ4n) is 4.49. The van der Waals surface area contributed by atoms with Gasteiger partial charge in [-0.1, -0.05) is 72.8 Å². The number of ether oxygens (including phenoxy) is 1. The Morgan fingerprint density at radius 2 is 1.54 bits per heavy atom. The van der Waals surface area contributed by atoms with E-state index in [2.05, 4.69) is 34.9 Å². The van der Waals surface area contributed by atoms with Gasteiger partial charge < -0.3 is 26.2 Å². The quantitative estimate of drug-likeness (QED) is 0.355. The first-order chi connectivity index (χ1) is 17.7.